The summed E-state index contributed by atoms with van der Waals surface area (Å²) < 4.78 is 0. The monoisotopic (exact) mass is 343 g/mol. The van der Waals surface area contributed by atoms with Crippen LogP contribution in [0.2, 0.25) is 0 Å². The molecule has 0 amide bonds. The van der Waals surface area contributed by atoms with E-state index in [2.05, 4.69) is 10.2 Å². The zero-order valence-electron chi connectivity index (χ0n) is 14.5. The first kappa shape index (κ1) is 17.6. The molecule has 3 rings (SSSR count). The number of carbonyl (C=O) groups is 1. The number of benzene rings is 1. The SMILES string of the molecule is CN(Cc1n[nH]c2c1CCCCC2)[C@@H](C(=O)O)c1ccc(CO)cc1. The Morgan fingerprint density at radius 1 is 1.24 bits per heavy atom. The Labute approximate surface area is 147 Å². The van der Waals surface area contributed by atoms with Crippen LogP contribution in [0.25, 0.3) is 0 Å². The minimum absolute atomic E-state index is 0.0483. The molecule has 25 heavy (non-hydrogen) atoms. The number of nitrogens with one attached hydrogen (secondary N) is 1. The molecule has 6 heteroatoms. The van der Waals surface area contributed by atoms with E-state index in [1.807, 2.05) is 11.9 Å². The van der Waals surface area contributed by atoms with Gasteiger partial charge >= 0.3 is 5.97 Å². The molecule has 1 aromatic heterocycles. The number of aromatic nitrogens is 2. The first-order valence-corrected chi connectivity index (χ1v) is 8.78. The molecule has 0 radical (unpaired) electrons. The quantitative estimate of drug-likeness (QED) is 0.701. The zero-order valence-corrected chi connectivity index (χ0v) is 14.5. The molecule has 0 unspecified atom stereocenters. The van der Waals surface area contributed by atoms with Gasteiger partial charge in [-0.15, -0.1) is 0 Å². The van der Waals surface area contributed by atoms with Crippen molar-refractivity contribution in [1.82, 2.24) is 15.1 Å². The highest BCUT2D eigenvalue weighted by atomic mass is 16.4. The fourth-order valence-corrected chi connectivity index (χ4v) is 3.58. The number of hydrogen-bond acceptors (Lipinski definition) is 4. The smallest absolute Gasteiger partial charge is 0.325 e. The predicted molar refractivity (Wildman–Crippen MR) is 94.1 cm³/mol. The molecular formula is C19H25N3O3. The standard InChI is InChI=1S/C19H25N3O3/c1-22(11-17-15-5-3-2-4-6-16(15)20-21-17)18(19(24)25)14-9-7-13(12-23)8-10-14/h7-10,18,23H,2-6,11-12H2,1H3,(H,20,21)(H,24,25)/t18-/m1/s1. The first-order chi connectivity index (χ1) is 12.1. The number of nitrogens with zero attached hydrogens (tertiary/aromatic N) is 2. The fourth-order valence-electron chi connectivity index (χ4n) is 3.58. The Kier molecular flexibility index (Phi) is 5.50. The molecule has 0 saturated carbocycles. The van der Waals surface area contributed by atoms with Gasteiger partial charge in [0.05, 0.1) is 12.3 Å². The largest absolute Gasteiger partial charge is 0.480 e. The Morgan fingerprint density at radius 2 is 1.96 bits per heavy atom. The molecule has 0 saturated heterocycles. The molecule has 2 aromatic rings. The molecule has 6 nitrogen and oxygen atoms in total. The summed E-state index contributed by atoms with van der Waals surface area (Å²) in [6.07, 6.45) is 5.61. The number of aromatic amines is 1. The number of H-pyrrole nitrogens is 1. The zero-order chi connectivity index (χ0) is 17.8. The third kappa shape index (κ3) is 3.91. The molecule has 0 fully saturated rings. The van der Waals surface area contributed by atoms with Crippen molar-refractivity contribution in [2.24, 2.45) is 0 Å². The Balaban J connectivity index is 1.80. The highest BCUT2D eigenvalue weighted by Crippen LogP contribution is 2.26. The van der Waals surface area contributed by atoms with Crippen LogP contribution in [0.4, 0.5) is 0 Å². The van der Waals surface area contributed by atoms with Crippen LogP contribution in [0.3, 0.4) is 0 Å². The van der Waals surface area contributed by atoms with Crippen LogP contribution in [0.15, 0.2) is 24.3 Å². The summed E-state index contributed by atoms with van der Waals surface area (Å²) in [4.78, 5) is 13.7. The summed E-state index contributed by atoms with van der Waals surface area (Å²) in [5.74, 6) is -0.888. The van der Waals surface area contributed by atoms with Gasteiger partial charge in [-0.05, 0) is 49.4 Å². The number of fused-ring (bicyclic) bond motifs is 1. The Hall–Kier alpha value is -2.18. The van der Waals surface area contributed by atoms with E-state index >= 15 is 0 Å². The predicted octanol–water partition coefficient (Wildman–Crippen LogP) is 2.43. The van der Waals surface area contributed by atoms with Crippen LogP contribution >= 0.6 is 0 Å². The van der Waals surface area contributed by atoms with E-state index in [0.29, 0.717) is 12.1 Å². The number of rotatable bonds is 6. The van der Waals surface area contributed by atoms with Gasteiger partial charge in [-0.2, -0.15) is 5.10 Å². The minimum atomic E-state index is -0.888. The van der Waals surface area contributed by atoms with Crippen LogP contribution in [0.5, 0.6) is 0 Å². The van der Waals surface area contributed by atoms with Gasteiger partial charge in [-0.25, -0.2) is 0 Å². The summed E-state index contributed by atoms with van der Waals surface area (Å²) in [6, 6.07) is 6.32. The molecule has 0 bridgehead atoms. The van der Waals surface area contributed by atoms with E-state index in [4.69, 9.17) is 5.11 Å². The molecule has 1 aliphatic carbocycles. The third-order valence-corrected chi connectivity index (χ3v) is 4.94. The molecule has 1 aliphatic rings. The first-order valence-electron chi connectivity index (χ1n) is 8.78. The van der Waals surface area contributed by atoms with E-state index in [9.17, 15) is 9.90 Å². The number of carboxylic acids is 1. The van der Waals surface area contributed by atoms with Gasteiger partial charge in [0.15, 0.2) is 0 Å². The number of aliphatic hydroxyl groups excluding tert-OH is 1. The normalized spacial score (nSPS) is 15.6. The summed E-state index contributed by atoms with van der Waals surface area (Å²) in [7, 11) is 1.82. The van der Waals surface area contributed by atoms with Gasteiger partial charge < -0.3 is 10.2 Å². The van der Waals surface area contributed by atoms with E-state index < -0.39 is 12.0 Å². The minimum Gasteiger partial charge on any atom is -0.480 e. The summed E-state index contributed by atoms with van der Waals surface area (Å²) in [6.45, 7) is 0.442. The fraction of sp³-hybridized carbons (Fsp3) is 0.474. The van der Waals surface area contributed by atoms with Crippen LogP contribution in [0.1, 0.15) is 53.4 Å². The topological polar surface area (TPSA) is 89.5 Å². The average Bonchev–Trinajstić information content (AvgIpc) is 2.82. The second-order valence-corrected chi connectivity index (χ2v) is 6.74. The van der Waals surface area contributed by atoms with Crippen LogP contribution in [-0.2, 0) is 30.8 Å². The summed E-state index contributed by atoms with van der Waals surface area (Å²) in [5.41, 5.74) is 4.91. The van der Waals surface area contributed by atoms with Gasteiger partial charge in [-0.3, -0.25) is 14.8 Å². The molecule has 1 atom stereocenters. The van der Waals surface area contributed by atoms with Crippen molar-refractivity contribution in [2.45, 2.75) is 51.3 Å². The van der Waals surface area contributed by atoms with Gasteiger partial charge in [-0.1, -0.05) is 30.7 Å². The maximum absolute atomic E-state index is 11.8. The van der Waals surface area contributed by atoms with Gasteiger partial charge in [0.25, 0.3) is 0 Å². The molecular weight excluding hydrogens is 318 g/mol. The van der Waals surface area contributed by atoms with Crippen molar-refractivity contribution in [1.29, 1.82) is 0 Å². The number of aryl methyl sites for hydroxylation is 1. The van der Waals surface area contributed by atoms with E-state index in [1.165, 1.54) is 24.1 Å². The highest BCUT2D eigenvalue weighted by Gasteiger charge is 2.26. The number of hydrogen-bond donors (Lipinski definition) is 3. The van der Waals surface area contributed by atoms with Crippen LogP contribution < -0.4 is 0 Å². The molecule has 1 aromatic carbocycles. The average molecular weight is 343 g/mol. The lowest BCUT2D eigenvalue weighted by molar-refractivity contribution is -0.143. The van der Waals surface area contributed by atoms with Crippen molar-refractivity contribution in [3.8, 4) is 0 Å². The van der Waals surface area contributed by atoms with Gasteiger partial charge in [0.1, 0.15) is 6.04 Å². The molecule has 3 N–H and O–H groups in total. The van der Waals surface area contributed by atoms with Crippen LogP contribution in [-0.4, -0.2) is 38.3 Å². The number of carboxylic acid groups (broad SMARTS) is 1. The second kappa shape index (κ2) is 7.80. The van der Waals surface area contributed by atoms with E-state index in [-0.39, 0.29) is 6.61 Å². The third-order valence-electron chi connectivity index (χ3n) is 4.94. The molecule has 0 spiro atoms. The molecule has 1 heterocycles. The number of aliphatic hydroxyl groups is 1. The maximum Gasteiger partial charge on any atom is 0.325 e. The van der Waals surface area contributed by atoms with Crippen molar-refractivity contribution in [3.05, 3.63) is 52.3 Å². The van der Waals surface area contributed by atoms with Gasteiger partial charge in [0.2, 0.25) is 0 Å². The molecule has 134 valence electrons. The van der Waals surface area contributed by atoms with Crippen LogP contribution in [0, 0.1) is 0 Å². The summed E-state index contributed by atoms with van der Waals surface area (Å²) in [5, 5.41) is 26.5. The van der Waals surface area contributed by atoms with Crippen molar-refractivity contribution in [3.63, 3.8) is 0 Å². The van der Waals surface area contributed by atoms with Crippen molar-refractivity contribution in [2.75, 3.05) is 7.05 Å². The lowest BCUT2D eigenvalue weighted by Gasteiger charge is -2.24. The number of likely N-dealkylation sites (N-methyl/N-ethyl adjacent to an activating group) is 1. The van der Waals surface area contributed by atoms with E-state index in [0.717, 1.165) is 30.5 Å². The van der Waals surface area contributed by atoms with Crippen molar-refractivity contribution < 1.29 is 15.0 Å². The van der Waals surface area contributed by atoms with Gasteiger partial charge in [0, 0.05) is 12.2 Å². The Morgan fingerprint density at radius 3 is 2.64 bits per heavy atom. The lowest BCUT2D eigenvalue weighted by Crippen LogP contribution is -2.31. The Bertz CT molecular complexity index is 724. The summed E-state index contributed by atoms with van der Waals surface area (Å²) >= 11 is 0. The van der Waals surface area contributed by atoms with Crippen molar-refractivity contribution >= 4 is 5.97 Å². The second-order valence-electron chi connectivity index (χ2n) is 6.74. The number of aliphatic carboxylic acids is 1. The van der Waals surface area contributed by atoms with E-state index in [1.54, 1.807) is 24.3 Å². The maximum atomic E-state index is 11.8. The highest BCUT2D eigenvalue weighted by molar-refractivity contribution is 5.75. The lowest BCUT2D eigenvalue weighted by atomic mass is 10.0. The molecule has 0 aliphatic heterocycles.